The quantitative estimate of drug-likeness (QED) is 0.697. The van der Waals surface area contributed by atoms with Gasteiger partial charge in [0.05, 0.1) is 0 Å². The molecule has 0 radical (unpaired) electrons. The number of nitrogens with zero attached hydrogens (tertiary/aromatic N) is 1. The Labute approximate surface area is 101 Å². The lowest BCUT2D eigenvalue weighted by Crippen LogP contribution is -2.32. The van der Waals surface area contributed by atoms with Gasteiger partial charge in [-0.05, 0) is 44.2 Å². The van der Waals surface area contributed by atoms with E-state index in [4.69, 9.17) is 0 Å². The molecule has 2 rings (SSSR count). The molecule has 0 aromatic heterocycles. The van der Waals surface area contributed by atoms with E-state index in [-0.39, 0.29) is 0 Å². The van der Waals surface area contributed by atoms with Crippen molar-refractivity contribution in [2.24, 2.45) is 11.8 Å². The molecule has 0 aromatic rings. The van der Waals surface area contributed by atoms with Crippen molar-refractivity contribution >= 4 is 0 Å². The SMILES string of the molecule is CCC1CCN(CCNCC2CCCC2)C1. The van der Waals surface area contributed by atoms with Crippen LogP contribution in [0.2, 0.25) is 0 Å². The summed E-state index contributed by atoms with van der Waals surface area (Å²) in [5.74, 6) is 1.97. The summed E-state index contributed by atoms with van der Waals surface area (Å²) < 4.78 is 0. The highest BCUT2D eigenvalue weighted by Crippen LogP contribution is 2.23. The summed E-state index contributed by atoms with van der Waals surface area (Å²) >= 11 is 0. The zero-order chi connectivity index (χ0) is 11.2. The lowest BCUT2D eigenvalue weighted by molar-refractivity contribution is 0.316. The van der Waals surface area contributed by atoms with Crippen LogP contribution in [0.3, 0.4) is 0 Å². The van der Waals surface area contributed by atoms with Gasteiger partial charge in [0.2, 0.25) is 0 Å². The Kier molecular flexibility index (Phi) is 5.11. The molecule has 2 fully saturated rings. The van der Waals surface area contributed by atoms with E-state index in [1.165, 1.54) is 71.2 Å². The van der Waals surface area contributed by atoms with Crippen LogP contribution in [0.15, 0.2) is 0 Å². The molecule has 1 aliphatic heterocycles. The van der Waals surface area contributed by atoms with Gasteiger partial charge in [0.25, 0.3) is 0 Å². The van der Waals surface area contributed by atoms with E-state index in [2.05, 4.69) is 17.1 Å². The van der Waals surface area contributed by atoms with Gasteiger partial charge in [-0.15, -0.1) is 0 Å². The van der Waals surface area contributed by atoms with Gasteiger partial charge >= 0.3 is 0 Å². The summed E-state index contributed by atoms with van der Waals surface area (Å²) in [4.78, 5) is 2.63. The smallest absolute Gasteiger partial charge is 0.0107 e. The van der Waals surface area contributed by atoms with Crippen molar-refractivity contribution in [2.45, 2.75) is 45.4 Å². The van der Waals surface area contributed by atoms with Gasteiger partial charge in [-0.25, -0.2) is 0 Å². The summed E-state index contributed by atoms with van der Waals surface area (Å²) in [6, 6.07) is 0. The van der Waals surface area contributed by atoms with Gasteiger partial charge < -0.3 is 10.2 Å². The maximum Gasteiger partial charge on any atom is 0.0107 e. The van der Waals surface area contributed by atoms with Crippen LogP contribution in [0, 0.1) is 11.8 Å². The molecule has 1 aliphatic carbocycles. The van der Waals surface area contributed by atoms with Gasteiger partial charge in [0, 0.05) is 19.6 Å². The van der Waals surface area contributed by atoms with Crippen LogP contribution in [-0.4, -0.2) is 37.6 Å². The summed E-state index contributed by atoms with van der Waals surface area (Å²) in [6.07, 6.45) is 8.67. The predicted molar refractivity (Wildman–Crippen MR) is 69.7 cm³/mol. The second-order valence-corrected chi connectivity index (χ2v) is 5.72. The monoisotopic (exact) mass is 224 g/mol. The molecule has 0 amide bonds. The number of hydrogen-bond acceptors (Lipinski definition) is 2. The second-order valence-electron chi connectivity index (χ2n) is 5.72. The summed E-state index contributed by atoms with van der Waals surface area (Å²) in [6.45, 7) is 8.75. The molecular formula is C14H28N2. The van der Waals surface area contributed by atoms with Gasteiger partial charge in [-0.2, -0.15) is 0 Å². The van der Waals surface area contributed by atoms with E-state index >= 15 is 0 Å². The highest BCUT2D eigenvalue weighted by atomic mass is 15.2. The van der Waals surface area contributed by atoms with E-state index in [0.717, 1.165) is 11.8 Å². The van der Waals surface area contributed by atoms with Gasteiger partial charge in [-0.3, -0.25) is 0 Å². The number of likely N-dealkylation sites (tertiary alicyclic amines) is 1. The fourth-order valence-electron chi connectivity index (χ4n) is 3.21. The lowest BCUT2D eigenvalue weighted by Gasteiger charge is -2.17. The summed E-state index contributed by atoms with van der Waals surface area (Å²) in [7, 11) is 0. The number of nitrogens with one attached hydrogen (secondary N) is 1. The van der Waals surface area contributed by atoms with Gasteiger partial charge in [0.1, 0.15) is 0 Å². The molecule has 94 valence electrons. The first kappa shape index (κ1) is 12.4. The Hall–Kier alpha value is -0.0800. The first-order chi connectivity index (χ1) is 7.88. The van der Waals surface area contributed by atoms with E-state index in [0.29, 0.717) is 0 Å². The van der Waals surface area contributed by atoms with Crippen molar-refractivity contribution in [2.75, 3.05) is 32.7 Å². The van der Waals surface area contributed by atoms with Crippen LogP contribution in [0.5, 0.6) is 0 Å². The van der Waals surface area contributed by atoms with Crippen LogP contribution in [-0.2, 0) is 0 Å². The summed E-state index contributed by atoms with van der Waals surface area (Å²) in [5, 5.41) is 3.65. The van der Waals surface area contributed by atoms with Gasteiger partial charge in [-0.1, -0.05) is 26.2 Å². The molecule has 1 saturated carbocycles. The maximum absolute atomic E-state index is 3.65. The second kappa shape index (κ2) is 6.61. The van der Waals surface area contributed by atoms with Crippen molar-refractivity contribution in [1.29, 1.82) is 0 Å². The topological polar surface area (TPSA) is 15.3 Å². The summed E-state index contributed by atoms with van der Waals surface area (Å²) in [5.41, 5.74) is 0. The highest BCUT2D eigenvalue weighted by molar-refractivity contribution is 4.75. The molecular weight excluding hydrogens is 196 g/mol. The van der Waals surface area contributed by atoms with Crippen molar-refractivity contribution < 1.29 is 0 Å². The zero-order valence-electron chi connectivity index (χ0n) is 10.9. The molecule has 0 bridgehead atoms. The predicted octanol–water partition coefficient (Wildman–Crippen LogP) is 2.50. The van der Waals surface area contributed by atoms with Crippen molar-refractivity contribution in [3.63, 3.8) is 0 Å². The number of rotatable bonds is 6. The van der Waals surface area contributed by atoms with Crippen molar-refractivity contribution in [3.8, 4) is 0 Å². The molecule has 1 N–H and O–H groups in total. The fourth-order valence-corrected chi connectivity index (χ4v) is 3.21. The van der Waals surface area contributed by atoms with E-state index in [1.54, 1.807) is 0 Å². The molecule has 1 heterocycles. The van der Waals surface area contributed by atoms with Crippen LogP contribution in [0.4, 0.5) is 0 Å². The average molecular weight is 224 g/mol. The Balaban J connectivity index is 1.48. The Morgan fingerprint density at radius 3 is 2.62 bits per heavy atom. The zero-order valence-corrected chi connectivity index (χ0v) is 10.9. The lowest BCUT2D eigenvalue weighted by atomic mass is 10.1. The highest BCUT2D eigenvalue weighted by Gasteiger charge is 2.20. The minimum Gasteiger partial charge on any atom is -0.315 e. The third kappa shape index (κ3) is 3.74. The van der Waals surface area contributed by atoms with Gasteiger partial charge in [0.15, 0.2) is 0 Å². The van der Waals surface area contributed by atoms with Crippen molar-refractivity contribution in [3.05, 3.63) is 0 Å². The largest absolute Gasteiger partial charge is 0.315 e. The fraction of sp³-hybridized carbons (Fsp3) is 1.00. The molecule has 1 unspecified atom stereocenters. The molecule has 1 saturated heterocycles. The number of hydrogen-bond donors (Lipinski definition) is 1. The molecule has 0 spiro atoms. The van der Waals surface area contributed by atoms with E-state index in [9.17, 15) is 0 Å². The molecule has 1 atom stereocenters. The van der Waals surface area contributed by atoms with E-state index < -0.39 is 0 Å². The first-order valence-corrected chi connectivity index (χ1v) is 7.31. The third-order valence-electron chi connectivity index (χ3n) is 4.46. The molecule has 2 aliphatic rings. The van der Waals surface area contributed by atoms with Crippen LogP contribution in [0.25, 0.3) is 0 Å². The minimum absolute atomic E-state index is 0.981. The van der Waals surface area contributed by atoms with Crippen molar-refractivity contribution in [1.82, 2.24) is 10.2 Å². The Bertz CT molecular complexity index is 187. The van der Waals surface area contributed by atoms with Crippen LogP contribution < -0.4 is 5.32 Å². The maximum atomic E-state index is 3.65. The molecule has 0 aromatic carbocycles. The Morgan fingerprint density at radius 2 is 1.94 bits per heavy atom. The molecule has 2 nitrogen and oxygen atoms in total. The normalized spacial score (nSPS) is 27.9. The molecule has 2 heteroatoms. The minimum atomic E-state index is 0.981. The van der Waals surface area contributed by atoms with E-state index in [1.807, 2.05) is 0 Å². The van der Waals surface area contributed by atoms with Crippen LogP contribution in [0.1, 0.15) is 45.4 Å². The standard InChI is InChI=1S/C14H28N2/c1-2-13-7-9-16(12-13)10-8-15-11-14-5-3-4-6-14/h13-15H,2-12H2,1H3. The molecule has 16 heavy (non-hydrogen) atoms. The van der Waals surface area contributed by atoms with Crippen LogP contribution >= 0.6 is 0 Å². The first-order valence-electron chi connectivity index (χ1n) is 7.31. The third-order valence-corrected chi connectivity index (χ3v) is 4.46. The average Bonchev–Trinajstić information content (AvgIpc) is 2.95. The Morgan fingerprint density at radius 1 is 1.12 bits per heavy atom.